The Labute approximate surface area is 279 Å². The first-order valence-corrected chi connectivity index (χ1v) is 16.8. The van der Waals surface area contributed by atoms with E-state index < -0.39 is 6.36 Å². The highest BCUT2D eigenvalue weighted by Gasteiger charge is 2.33. The fraction of sp³-hybridized carbons (Fsp3) is 0.343. The summed E-state index contributed by atoms with van der Waals surface area (Å²) in [5, 5.41) is 10.8. The van der Waals surface area contributed by atoms with Gasteiger partial charge in [-0.25, -0.2) is 9.97 Å². The lowest BCUT2D eigenvalue weighted by atomic mass is 10.1. The van der Waals surface area contributed by atoms with Gasteiger partial charge in [0.2, 0.25) is 11.9 Å². The number of aromatic nitrogens is 4. The number of carbonyl (C=O) groups is 1. The highest BCUT2D eigenvalue weighted by molar-refractivity contribution is 7.21. The summed E-state index contributed by atoms with van der Waals surface area (Å²) in [5.41, 5.74) is 4.96. The fourth-order valence-corrected chi connectivity index (χ4v) is 7.25. The maximum atomic E-state index is 13.1. The van der Waals surface area contributed by atoms with E-state index in [2.05, 4.69) is 25.7 Å². The zero-order valence-corrected chi connectivity index (χ0v) is 27.2. The van der Waals surface area contributed by atoms with Crippen molar-refractivity contribution in [2.24, 2.45) is 5.92 Å². The van der Waals surface area contributed by atoms with Crippen LogP contribution in [0.4, 0.5) is 30.6 Å². The number of pyridine rings is 1. The third-order valence-electron chi connectivity index (χ3n) is 8.75. The Hall–Kier alpha value is -4.78. The van der Waals surface area contributed by atoms with Crippen LogP contribution in [0.5, 0.6) is 5.75 Å². The number of carbonyl (C=O) groups excluding carboxylic acids is 1. The predicted molar refractivity (Wildman–Crippen MR) is 180 cm³/mol. The Morgan fingerprint density at radius 2 is 1.75 bits per heavy atom. The molecule has 0 spiro atoms. The van der Waals surface area contributed by atoms with Crippen molar-refractivity contribution < 1.29 is 22.7 Å². The number of fused-ring (bicyclic) bond motifs is 1. The van der Waals surface area contributed by atoms with Gasteiger partial charge in [0.25, 0.3) is 0 Å². The molecule has 48 heavy (non-hydrogen) atoms. The van der Waals surface area contributed by atoms with Crippen LogP contribution in [-0.2, 0) is 4.79 Å². The average molecular weight is 674 g/mol. The maximum absolute atomic E-state index is 13.1. The van der Waals surface area contributed by atoms with E-state index in [0.717, 1.165) is 63.4 Å². The first-order chi connectivity index (χ1) is 23.1. The van der Waals surface area contributed by atoms with Gasteiger partial charge in [0, 0.05) is 29.8 Å². The van der Waals surface area contributed by atoms with Gasteiger partial charge in [-0.3, -0.25) is 9.78 Å². The number of rotatable bonds is 10. The summed E-state index contributed by atoms with van der Waals surface area (Å²) in [6.07, 6.45) is 1.49. The second-order valence-corrected chi connectivity index (χ2v) is 13.4. The molecule has 2 unspecified atom stereocenters. The molecule has 2 aliphatic carbocycles. The van der Waals surface area contributed by atoms with Crippen LogP contribution in [0.15, 0.2) is 66.9 Å². The van der Waals surface area contributed by atoms with Crippen LogP contribution < -0.4 is 20.7 Å². The van der Waals surface area contributed by atoms with Gasteiger partial charge in [0.1, 0.15) is 22.1 Å². The van der Waals surface area contributed by atoms with Crippen LogP contribution in [0.1, 0.15) is 67.9 Å². The summed E-state index contributed by atoms with van der Waals surface area (Å²) in [4.78, 5) is 32.5. The summed E-state index contributed by atoms with van der Waals surface area (Å²) in [7, 11) is 0. The van der Waals surface area contributed by atoms with Gasteiger partial charge in [0.15, 0.2) is 0 Å². The number of halogens is 3. The van der Waals surface area contributed by atoms with E-state index in [9.17, 15) is 18.0 Å². The molecule has 2 saturated carbocycles. The molecule has 3 atom stereocenters. The zero-order chi connectivity index (χ0) is 33.4. The molecule has 7 rings (SSSR count). The van der Waals surface area contributed by atoms with Crippen molar-refractivity contribution in [1.82, 2.24) is 19.9 Å². The maximum Gasteiger partial charge on any atom is 0.573 e. The number of aryl methyl sites for hydroxylation is 1. The molecule has 0 radical (unpaired) electrons. The molecule has 2 aromatic carbocycles. The van der Waals surface area contributed by atoms with E-state index in [-0.39, 0.29) is 29.7 Å². The fourth-order valence-electron chi connectivity index (χ4n) is 6.18. The van der Waals surface area contributed by atoms with Gasteiger partial charge >= 0.3 is 6.36 Å². The number of hydrogen-bond acceptors (Lipinski definition) is 9. The number of anilines is 3. The molecular weight excluding hydrogens is 639 g/mol. The molecule has 248 valence electrons. The number of para-hydroxylation sites is 1. The molecule has 3 aromatic heterocycles. The summed E-state index contributed by atoms with van der Waals surface area (Å²) < 4.78 is 43.0. The van der Waals surface area contributed by atoms with Gasteiger partial charge in [-0.05, 0) is 81.8 Å². The largest absolute Gasteiger partial charge is 0.573 e. The van der Waals surface area contributed by atoms with Crippen molar-refractivity contribution in [3.05, 3.63) is 83.8 Å². The number of benzene rings is 2. The number of hydrogen-bond donors (Lipinski definition) is 3. The molecule has 0 bridgehead atoms. The lowest BCUT2D eigenvalue weighted by Crippen LogP contribution is -2.23. The highest BCUT2D eigenvalue weighted by Crippen LogP contribution is 2.44. The first kappa shape index (κ1) is 31.8. The normalized spacial score (nSPS) is 18.4. The minimum atomic E-state index is -4.76. The second kappa shape index (κ2) is 13.0. The number of amides is 1. The Morgan fingerprint density at radius 3 is 2.48 bits per heavy atom. The topological polar surface area (TPSA) is 114 Å². The third-order valence-corrected chi connectivity index (χ3v) is 9.79. The van der Waals surface area contributed by atoms with E-state index in [1.54, 1.807) is 23.5 Å². The number of alkyl halides is 3. The Bertz CT molecular complexity index is 1930. The van der Waals surface area contributed by atoms with Crippen LogP contribution in [0.3, 0.4) is 0 Å². The van der Waals surface area contributed by atoms with Crippen molar-refractivity contribution in [3.63, 3.8) is 0 Å². The van der Waals surface area contributed by atoms with E-state index in [0.29, 0.717) is 29.8 Å². The van der Waals surface area contributed by atoms with E-state index >= 15 is 0 Å². The number of nitrogens with one attached hydrogen (secondary N) is 3. The van der Waals surface area contributed by atoms with Gasteiger partial charge in [-0.1, -0.05) is 30.3 Å². The summed E-state index contributed by atoms with van der Waals surface area (Å²) in [6, 6.07) is 16.8. The van der Waals surface area contributed by atoms with Gasteiger partial charge in [-0.2, -0.15) is 4.98 Å². The summed E-state index contributed by atoms with van der Waals surface area (Å²) in [5.74, 6) is 0.979. The molecule has 5 aromatic rings. The summed E-state index contributed by atoms with van der Waals surface area (Å²) in [6.45, 7) is 3.80. The van der Waals surface area contributed by atoms with Crippen LogP contribution >= 0.6 is 11.3 Å². The van der Waals surface area contributed by atoms with Crippen molar-refractivity contribution in [1.29, 1.82) is 0 Å². The molecule has 2 aliphatic rings. The molecule has 3 heterocycles. The van der Waals surface area contributed by atoms with Crippen molar-refractivity contribution >= 4 is 44.9 Å². The quantitative estimate of drug-likeness (QED) is 0.135. The smallest absolute Gasteiger partial charge is 0.406 e. The highest BCUT2D eigenvalue weighted by atomic mass is 32.1. The first-order valence-electron chi connectivity index (χ1n) is 16.0. The summed E-state index contributed by atoms with van der Waals surface area (Å²) >= 11 is 1.58. The third kappa shape index (κ3) is 7.20. The number of thiazole rings is 1. The molecule has 0 saturated heterocycles. The van der Waals surface area contributed by atoms with Crippen molar-refractivity contribution in [3.8, 4) is 16.3 Å². The van der Waals surface area contributed by atoms with Crippen molar-refractivity contribution in [2.45, 2.75) is 70.3 Å². The molecular formula is C35H34F3N7O2S. The molecule has 0 aliphatic heterocycles. The van der Waals surface area contributed by atoms with Crippen LogP contribution in [-0.4, -0.2) is 38.2 Å². The van der Waals surface area contributed by atoms with Crippen molar-refractivity contribution in [2.75, 3.05) is 16.0 Å². The average Bonchev–Trinajstić information content (AvgIpc) is 3.63. The standard InChI is InChI=1S/C35H34F3N7O2S/c1-19(21-11-14-26(15-12-21)47-35(36,37)38)40-34-41-20(2)28(33-44-30-27(48-33)16-17-39-29(30)22-8-9-22)31(45-34)42-25-13-10-23(18-25)32(46)43-24-6-4-3-5-7-24/h3-7,11-12,14-17,19,22-23,25H,8-10,13,18H2,1-2H3,(H,43,46)(H2,40,41,42,45)/t19-,23?,25?/m1/s1. The Morgan fingerprint density at radius 1 is 0.979 bits per heavy atom. The zero-order valence-electron chi connectivity index (χ0n) is 26.3. The van der Waals surface area contributed by atoms with Gasteiger partial charge in [-0.15, -0.1) is 24.5 Å². The molecule has 3 N–H and O–H groups in total. The molecule has 9 nitrogen and oxygen atoms in total. The number of nitrogens with zero attached hydrogens (tertiary/aromatic N) is 4. The molecule has 13 heteroatoms. The SMILES string of the molecule is Cc1nc(N[C@H](C)c2ccc(OC(F)(F)F)cc2)nc(NC2CCC(C(=O)Nc3ccccc3)C2)c1-c1nc2c(C3CC3)nccc2s1. The monoisotopic (exact) mass is 673 g/mol. The second-order valence-electron chi connectivity index (χ2n) is 12.4. The Balaban J connectivity index is 1.16. The lowest BCUT2D eigenvalue weighted by Gasteiger charge is -2.20. The molecule has 1 amide bonds. The van der Waals surface area contributed by atoms with Gasteiger partial charge < -0.3 is 20.7 Å². The lowest BCUT2D eigenvalue weighted by molar-refractivity contribution is -0.274. The van der Waals surface area contributed by atoms with Crippen LogP contribution in [0.25, 0.3) is 20.8 Å². The van der Waals surface area contributed by atoms with Crippen LogP contribution in [0.2, 0.25) is 0 Å². The van der Waals surface area contributed by atoms with Crippen LogP contribution in [0, 0.1) is 12.8 Å². The van der Waals surface area contributed by atoms with E-state index in [1.165, 1.54) is 12.1 Å². The predicted octanol–water partition coefficient (Wildman–Crippen LogP) is 8.63. The number of ether oxygens (including phenoxy) is 1. The molecule has 2 fully saturated rings. The minimum absolute atomic E-state index is 0.00120. The van der Waals surface area contributed by atoms with E-state index in [4.69, 9.17) is 15.0 Å². The van der Waals surface area contributed by atoms with Gasteiger partial charge in [0.05, 0.1) is 27.7 Å². The Kier molecular flexibility index (Phi) is 8.63. The van der Waals surface area contributed by atoms with E-state index in [1.807, 2.05) is 56.4 Å². The minimum Gasteiger partial charge on any atom is -0.406 e.